The molecule has 0 fully saturated rings. The molecule has 2 N–H and O–H groups in total. The van der Waals surface area contributed by atoms with Crippen molar-refractivity contribution < 1.29 is 13.2 Å². The van der Waals surface area contributed by atoms with Gasteiger partial charge in [0.15, 0.2) is 5.65 Å². The van der Waals surface area contributed by atoms with Gasteiger partial charge in [0, 0.05) is 0 Å². The third-order valence-electron chi connectivity index (χ3n) is 5.18. The van der Waals surface area contributed by atoms with Crippen LogP contribution in [0.25, 0.3) is 33.1 Å². The number of anilines is 1. The molecule has 0 radical (unpaired) electrons. The van der Waals surface area contributed by atoms with Crippen molar-refractivity contribution in [2.24, 2.45) is 0 Å². The van der Waals surface area contributed by atoms with Gasteiger partial charge in [-0.3, -0.25) is 4.79 Å². The molecule has 31 heavy (non-hydrogen) atoms. The fourth-order valence-electron chi connectivity index (χ4n) is 3.70. The molecule has 3 aromatic heterocycles. The number of benzene rings is 2. The van der Waals surface area contributed by atoms with Crippen LogP contribution in [0.2, 0.25) is 0 Å². The molecule has 0 aliphatic carbocycles. The smallest absolute Gasteiger partial charge is 0.203 e. The first-order valence-corrected chi connectivity index (χ1v) is 9.40. The monoisotopic (exact) mass is 419 g/mol. The third kappa shape index (κ3) is 2.93. The van der Waals surface area contributed by atoms with Crippen LogP contribution in [0, 0.1) is 11.6 Å². The topological polar surface area (TPSA) is 99.8 Å². The van der Waals surface area contributed by atoms with Gasteiger partial charge in [-0.25, -0.2) is 23.4 Å². The Morgan fingerprint density at radius 2 is 1.94 bits per heavy atom. The van der Waals surface area contributed by atoms with Crippen molar-refractivity contribution in [1.82, 2.24) is 19.7 Å². The highest BCUT2D eigenvalue weighted by Gasteiger charge is 2.25. The van der Waals surface area contributed by atoms with E-state index in [1.54, 1.807) is 13.0 Å². The summed E-state index contributed by atoms with van der Waals surface area (Å²) >= 11 is 0. The quantitative estimate of drug-likeness (QED) is 0.473. The summed E-state index contributed by atoms with van der Waals surface area (Å²) in [7, 11) is 0. The molecular weight excluding hydrogens is 404 g/mol. The molecule has 2 aromatic carbocycles. The molecule has 0 amide bonds. The van der Waals surface area contributed by atoms with Gasteiger partial charge in [-0.05, 0) is 36.8 Å². The molecule has 0 unspecified atom stereocenters. The summed E-state index contributed by atoms with van der Waals surface area (Å²) in [6, 6.07) is 9.00. The van der Waals surface area contributed by atoms with Crippen molar-refractivity contribution in [3.63, 3.8) is 0 Å². The molecule has 7 nitrogen and oxygen atoms in total. The van der Waals surface area contributed by atoms with Gasteiger partial charge >= 0.3 is 0 Å². The van der Waals surface area contributed by atoms with Gasteiger partial charge < -0.3 is 10.2 Å². The standard InChI is InChI=1S/C22H15F2N5O2/c1-11(29-22-14(9-28-29)21(25)26-10-27-22)20-17(12-4-2-5-13(23)8-12)19(30)18-15(24)6-3-7-16(18)31-20/h2-11H,1H3,(H2,25,26,27)/t11-/m1/s1. The SMILES string of the molecule is C[C@H](c1oc2cccc(F)c2c(=O)c1-c1cccc(F)c1)n1ncc2c(N)ncnc21. The molecule has 0 aliphatic heterocycles. The summed E-state index contributed by atoms with van der Waals surface area (Å²) in [5.74, 6) is -0.797. The molecular formula is C22H15F2N5O2. The van der Waals surface area contributed by atoms with E-state index < -0.39 is 23.1 Å². The maximum atomic E-state index is 14.5. The summed E-state index contributed by atoms with van der Waals surface area (Å²) in [5.41, 5.74) is 6.14. The van der Waals surface area contributed by atoms with Crippen molar-refractivity contribution in [1.29, 1.82) is 0 Å². The van der Waals surface area contributed by atoms with Crippen molar-refractivity contribution in [3.05, 3.63) is 82.6 Å². The zero-order valence-corrected chi connectivity index (χ0v) is 16.2. The van der Waals surface area contributed by atoms with Gasteiger partial charge in [0.05, 0.1) is 17.1 Å². The summed E-state index contributed by atoms with van der Waals surface area (Å²) in [6.07, 6.45) is 2.82. The predicted molar refractivity (Wildman–Crippen MR) is 111 cm³/mol. The highest BCUT2D eigenvalue weighted by atomic mass is 19.1. The first kappa shape index (κ1) is 18.9. The van der Waals surface area contributed by atoms with Gasteiger partial charge in [0.2, 0.25) is 5.43 Å². The number of halogens is 2. The van der Waals surface area contributed by atoms with Gasteiger partial charge in [0.1, 0.15) is 46.6 Å². The van der Waals surface area contributed by atoms with Crippen molar-refractivity contribution in [3.8, 4) is 11.1 Å². The van der Waals surface area contributed by atoms with Crippen LogP contribution in [0.1, 0.15) is 18.7 Å². The second-order valence-electron chi connectivity index (χ2n) is 7.06. The Bertz CT molecular complexity index is 1530. The summed E-state index contributed by atoms with van der Waals surface area (Å²) in [5, 5.41) is 4.67. The average Bonchev–Trinajstić information content (AvgIpc) is 3.18. The highest BCUT2D eigenvalue weighted by Crippen LogP contribution is 2.33. The average molecular weight is 419 g/mol. The zero-order chi connectivity index (χ0) is 21.7. The van der Waals surface area contributed by atoms with Crippen LogP contribution in [-0.2, 0) is 0 Å². The number of nitrogens with zero attached hydrogens (tertiary/aromatic N) is 4. The van der Waals surface area contributed by atoms with E-state index in [4.69, 9.17) is 10.2 Å². The van der Waals surface area contributed by atoms with E-state index in [1.807, 2.05) is 0 Å². The summed E-state index contributed by atoms with van der Waals surface area (Å²) in [4.78, 5) is 21.6. The molecule has 0 saturated carbocycles. The lowest BCUT2D eigenvalue weighted by molar-refractivity contribution is 0.444. The molecule has 5 aromatic rings. The minimum absolute atomic E-state index is 0.0512. The van der Waals surface area contributed by atoms with E-state index in [9.17, 15) is 13.6 Å². The number of aromatic nitrogens is 4. The van der Waals surface area contributed by atoms with Gasteiger partial charge in [-0.2, -0.15) is 5.10 Å². The van der Waals surface area contributed by atoms with Crippen molar-refractivity contribution in [2.75, 3.05) is 5.73 Å². The number of nitrogen functional groups attached to an aromatic ring is 1. The van der Waals surface area contributed by atoms with Crippen LogP contribution in [0.15, 0.2) is 64.2 Å². The Morgan fingerprint density at radius 3 is 2.74 bits per heavy atom. The lowest BCUT2D eigenvalue weighted by Crippen LogP contribution is -2.17. The normalized spacial score (nSPS) is 12.5. The molecule has 0 aliphatic rings. The molecule has 0 bridgehead atoms. The van der Waals surface area contributed by atoms with E-state index >= 15 is 0 Å². The Balaban J connectivity index is 1.84. The van der Waals surface area contributed by atoms with E-state index in [2.05, 4.69) is 15.1 Å². The largest absolute Gasteiger partial charge is 0.458 e. The first-order valence-electron chi connectivity index (χ1n) is 9.40. The maximum absolute atomic E-state index is 14.5. The molecule has 5 rings (SSSR count). The van der Waals surface area contributed by atoms with Gasteiger partial charge in [0.25, 0.3) is 0 Å². The second kappa shape index (κ2) is 6.98. The lowest BCUT2D eigenvalue weighted by atomic mass is 9.99. The minimum atomic E-state index is -0.715. The number of nitrogens with two attached hydrogens (primary N) is 1. The van der Waals surface area contributed by atoms with Crippen LogP contribution in [0.5, 0.6) is 0 Å². The Hall–Kier alpha value is -4.14. The lowest BCUT2D eigenvalue weighted by Gasteiger charge is -2.17. The Labute approximate surface area is 173 Å². The summed E-state index contributed by atoms with van der Waals surface area (Å²) in [6.45, 7) is 1.75. The first-order chi connectivity index (χ1) is 15.0. The Kier molecular flexibility index (Phi) is 4.25. The number of fused-ring (bicyclic) bond motifs is 2. The molecule has 1 atom stereocenters. The van der Waals surface area contributed by atoms with E-state index in [0.717, 1.165) is 0 Å². The van der Waals surface area contributed by atoms with E-state index in [-0.39, 0.29) is 33.7 Å². The van der Waals surface area contributed by atoms with Crippen molar-refractivity contribution >= 4 is 27.8 Å². The minimum Gasteiger partial charge on any atom is -0.458 e. The van der Waals surface area contributed by atoms with Gasteiger partial charge in [-0.15, -0.1) is 0 Å². The predicted octanol–water partition coefficient (Wildman–Crippen LogP) is 4.07. The van der Waals surface area contributed by atoms with Crippen LogP contribution < -0.4 is 11.2 Å². The van der Waals surface area contributed by atoms with Crippen LogP contribution in [0.3, 0.4) is 0 Å². The van der Waals surface area contributed by atoms with Crippen LogP contribution in [0.4, 0.5) is 14.6 Å². The number of hydrogen-bond donors (Lipinski definition) is 1. The molecule has 154 valence electrons. The van der Waals surface area contributed by atoms with Crippen LogP contribution in [-0.4, -0.2) is 19.7 Å². The molecule has 9 heteroatoms. The molecule has 0 spiro atoms. The van der Waals surface area contributed by atoms with E-state index in [1.165, 1.54) is 53.6 Å². The Morgan fingerprint density at radius 1 is 1.13 bits per heavy atom. The van der Waals surface area contributed by atoms with Crippen LogP contribution >= 0.6 is 0 Å². The summed E-state index contributed by atoms with van der Waals surface area (Å²) < 4.78 is 36.0. The fourth-order valence-corrected chi connectivity index (χ4v) is 3.70. The maximum Gasteiger partial charge on any atom is 0.203 e. The zero-order valence-electron chi connectivity index (χ0n) is 16.2. The van der Waals surface area contributed by atoms with Crippen molar-refractivity contribution in [2.45, 2.75) is 13.0 Å². The van der Waals surface area contributed by atoms with E-state index in [0.29, 0.717) is 11.0 Å². The molecule has 3 heterocycles. The van der Waals surface area contributed by atoms with Gasteiger partial charge in [-0.1, -0.05) is 18.2 Å². The number of rotatable bonds is 3. The fraction of sp³-hybridized carbons (Fsp3) is 0.0909. The molecule has 0 saturated heterocycles. The third-order valence-corrected chi connectivity index (χ3v) is 5.18. The number of hydrogen-bond acceptors (Lipinski definition) is 6. The highest BCUT2D eigenvalue weighted by molar-refractivity contribution is 5.86. The second-order valence-corrected chi connectivity index (χ2v) is 7.06.